The standard InChI is InChI=1S/C47H35N3Si/c1-51(2)43-19-10-9-16-41(43)42-18-11-17-40(44(42)51)36-26-20-34(21-27-36)35-24-30-39(31-25-35)47-49-45(37-14-7-4-8-15-37)48-46(50-47)38-28-22-33(23-29-38)32-12-5-3-6-13-32/h3-31H,1-2H3. The maximum Gasteiger partial charge on any atom is 0.164 e. The fourth-order valence-corrected chi connectivity index (χ4v) is 11.0. The van der Waals surface area contributed by atoms with Crippen molar-refractivity contribution >= 4 is 18.4 Å². The van der Waals surface area contributed by atoms with Gasteiger partial charge in [0.05, 0.1) is 0 Å². The summed E-state index contributed by atoms with van der Waals surface area (Å²) in [5.74, 6) is 1.96. The van der Waals surface area contributed by atoms with Crippen LogP contribution in [0.5, 0.6) is 0 Å². The molecule has 0 radical (unpaired) electrons. The van der Waals surface area contributed by atoms with Crippen molar-refractivity contribution < 1.29 is 0 Å². The Morgan fingerprint density at radius 1 is 0.294 bits per heavy atom. The van der Waals surface area contributed by atoms with Crippen molar-refractivity contribution in [2.45, 2.75) is 13.1 Å². The Bertz CT molecular complexity index is 2510. The number of aromatic nitrogens is 3. The van der Waals surface area contributed by atoms with Gasteiger partial charge in [-0.05, 0) is 54.9 Å². The van der Waals surface area contributed by atoms with Crippen LogP contribution >= 0.6 is 0 Å². The number of nitrogens with zero attached hydrogens (tertiary/aromatic N) is 3. The molecule has 7 aromatic carbocycles. The van der Waals surface area contributed by atoms with Crippen LogP contribution in [0.15, 0.2) is 176 Å². The van der Waals surface area contributed by atoms with Crippen LogP contribution in [0.2, 0.25) is 13.1 Å². The monoisotopic (exact) mass is 669 g/mol. The van der Waals surface area contributed by atoms with E-state index in [1.165, 1.54) is 38.6 Å². The van der Waals surface area contributed by atoms with Gasteiger partial charge in [-0.3, -0.25) is 0 Å². The molecule has 0 amide bonds. The molecule has 0 atom stereocenters. The average Bonchev–Trinajstić information content (AvgIpc) is 3.45. The molecule has 0 spiro atoms. The van der Waals surface area contributed by atoms with Gasteiger partial charge in [0.1, 0.15) is 8.07 Å². The number of hydrogen-bond donors (Lipinski definition) is 0. The summed E-state index contributed by atoms with van der Waals surface area (Å²) in [5.41, 5.74) is 13.0. The van der Waals surface area contributed by atoms with E-state index in [1.54, 1.807) is 5.19 Å². The number of hydrogen-bond acceptors (Lipinski definition) is 3. The molecule has 1 aliphatic heterocycles. The lowest BCUT2D eigenvalue weighted by Gasteiger charge is -2.22. The highest BCUT2D eigenvalue weighted by molar-refractivity contribution is 7.04. The van der Waals surface area contributed by atoms with Crippen LogP contribution in [-0.2, 0) is 0 Å². The quantitative estimate of drug-likeness (QED) is 0.165. The largest absolute Gasteiger partial charge is 0.208 e. The summed E-state index contributed by atoms with van der Waals surface area (Å²) in [6.07, 6.45) is 0. The fraction of sp³-hybridized carbons (Fsp3) is 0.0426. The first-order valence-electron chi connectivity index (χ1n) is 17.4. The van der Waals surface area contributed by atoms with E-state index in [9.17, 15) is 0 Å². The highest BCUT2D eigenvalue weighted by Gasteiger charge is 2.39. The molecular weight excluding hydrogens is 635 g/mol. The summed E-state index contributed by atoms with van der Waals surface area (Å²) in [7, 11) is -1.81. The van der Waals surface area contributed by atoms with Crippen molar-refractivity contribution in [1.29, 1.82) is 0 Å². The molecule has 0 saturated carbocycles. The molecule has 0 N–H and O–H groups in total. The van der Waals surface area contributed by atoms with Crippen LogP contribution in [0.3, 0.4) is 0 Å². The van der Waals surface area contributed by atoms with E-state index in [2.05, 4.69) is 153 Å². The van der Waals surface area contributed by atoms with Gasteiger partial charge in [0.2, 0.25) is 0 Å². The summed E-state index contributed by atoms with van der Waals surface area (Å²) in [4.78, 5) is 14.9. The first kappa shape index (κ1) is 30.8. The molecule has 9 rings (SSSR count). The van der Waals surface area contributed by atoms with Crippen molar-refractivity contribution in [2.24, 2.45) is 0 Å². The van der Waals surface area contributed by atoms with Gasteiger partial charge in [0, 0.05) is 16.7 Å². The fourth-order valence-electron chi connectivity index (χ4n) is 7.54. The molecule has 3 nitrogen and oxygen atoms in total. The summed E-state index contributed by atoms with van der Waals surface area (Å²) in [5, 5.41) is 3.08. The highest BCUT2D eigenvalue weighted by atomic mass is 28.3. The number of rotatable bonds is 6. The van der Waals surface area contributed by atoms with Crippen LogP contribution in [0.4, 0.5) is 0 Å². The van der Waals surface area contributed by atoms with Crippen molar-refractivity contribution in [2.75, 3.05) is 0 Å². The Morgan fingerprint density at radius 2 is 0.647 bits per heavy atom. The molecule has 0 unspecified atom stereocenters. The highest BCUT2D eigenvalue weighted by Crippen LogP contribution is 2.34. The molecular formula is C47H35N3Si. The molecule has 51 heavy (non-hydrogen) atoms. The smallest absolute Gasteiger partial charge is 0.164 e. The second kappa shape index (κ2) is 12.6. The first-order valence-corrected chi connectivity index (χ1v) is 20.4. The lowest BCUT2D eigenvalue weighted by molar-refractivity contribution is 1.07. The molecule has 0 aliphatic carbocycles. The van der Waals surface area contributed by atoms with Crippen LogP contribution in [0, 0.1) is 0 Å². The predicted octanol–water partition coefficient (Wildman–Crippen LogP) is 10.7. The van der Waals surface area contributed by atoms with Crippen molar-refractivity contribution in [3.63, 3.8) is 0 Å². The number of benzene rings is 7. The predicted molar refractivity (Wildman–Crippen MR) is 215 cm³/mol. The molecule has 0 fully saturated rings. The summed E-state index contributed by atoms with van der Waals surface area (Å²) < 4.78 is 0. The molecule has 2 heterocycles. The Morgan fingerprint density at radius 3 is 1.18 bits per heavy atom. The SMILES string of the molecule is C[Si]1(C)c2ccccc2-c2cccc(-c3ccc(-c4ccc(-c5nc(-c6ccccc6)nc(-c6ccc(-c7ccccc7)cc6)n5)cc4)cc3)c21. The summed E-state index contributed by atoms with van der Waals surface area (Å²) >= 11 is 0. The Kier molecular flexibility index (Phi) is 7.60. The van der Waals surface area contributed by atoms with Gasteiger partial charge in [0.25, 0.3) is 0 Å². The Labute approximate surface area is 300 Å². The van der Waals surface area contributed by atoms with E-state index >= 15 is 0 Å². The molecule has 1 aromatic heterocycles. The zero-order valence-electron chi connectivity index (χ0n) is 28.6. The van der Waals surface area contributed by atoms with E-state index in [0.29, 0.717) is 17.5 Å². The third-order valence-corrected chi connectivity index (χ3v) is 13.7. The lowest BCUT2D eigenvalue weighted by atomic mass is 9.97. The molecule has 4 heteroatoms. The minimum atomic E-state index is -1.81. The second-order valence-electron chi connectivity index (χ2n) is 13.7. The van der Waals surface area contributed by atoms with Crippen molar-refractivity contribution in [3.05, 3.63) is 176 Å². The normalized spacial score (nSPS) is 12.7. The zero-order valence-corrected chi connectivity index (χ0v) is 29.6. The van der Waals surface area contributed by atoms with Gasteiger partial charge >= 0.3 is 0 Å². The minimum Gasteiger partial charge on any atom is -0.208 e. The van der Waals surface area contributed by atoms with Crippen molar-refractivity contribution in [3.8, 4) is 78.7 Å². The zero-order chi connectivity index (χ0) is 34.4. The van der Waals surface area contributed by atoms with Gasteiger partial charge in [-0.2, -0.15) is 0 Å². The van der Waals surface area contributed by atoms with Crippen LogP contribution < -0.4 is 10.4 Å². The van der Waals surface area contributed by atoms with E-state index in [4.69, 9.17) is 15.0 Å². The molecule has 8 aromatic rings. The molecule has 0 saturated heterocycles. The minimum absolute atomic E-state index is 0.651. The van der Waals surface area contributed by atoms with Gasteiger partial charge in [-0.1, -0.05) is 189 Å². The second-order valence-corrected chi connectivity index (χ2v) is 18.0. The maximum atomic E-state index is 4.99. The van der Waals surface area contributed by atoms with Gasteiger partial charge in [-0.15, -0.1) is 0 Å². The number of fused-ring (bicyclic) bond motifs is 3. The topological polar surface area (TPSA) is 38.7 Å². The maximum absolute atomic E-state index is 4.99. The Balaban J connectivity index is 1.03. The van der Waals surface area contributed by atoms with E-state index in [-0.39, 0.29) is 0 Å². The van der Waals surface area contributed by atoms with Gasteiger partial charge in [-0.25, -0.2) is 15.0 Å². The first-order chi connectivity index (χ1) is 25.0. The van der Waals surface area contributed by atoms with E-state index in [0.717, 1.165) is 27.8 Å². The van der Waals surface area contributed by atoms with Gasteiger partial charge in [0.15, 0.2) is 17.5 Å². The van der Waals surface area contributed by atoms with Gasteiger partial charge < -0.3 is 0 Å². The van der Waals surface area contributed by atoms with Crippen molar-refractivity contribution in [1.82, 2.24) is 15.0 Å². The summed E-state index contributed by atoms with van der Waals surface area (Å²) in [6, 6.07) is 62.4. The lowest BCUT2D eigenvalue weighted by Crippen LogP contribution is -2.50. The third-order valence-electron chi connectivity index (χ3n) is 10.2. The molecule has 0 bridgehead atoms. The van der Waals surface area contributed by atoms with Crippen LogP contribution in [0.1, 0.15) is 0 Å². The Hall–Kier alpha value is -6.23. The van der Waals surface area contributed by atoms with E-state index < -0.39 is 8.07 Å². The molecule has 242 valence electrons. The van der Waals surface area contributed by atoms with Crippen LogP contribution in [0.25, 0.3) is 78.7 Å². The average molecular weight is 670 g/mol. The molecule has 1 aliphatic rings. The van der Waals surface area contributed by atoms with E-state index in [1.807, 2.05) is 36.4 Å². The third kappa shape index (κ3) is 5.60. The summed E-state index contributed by atoms with van der Waals surface area (Å²) in [6.45, 7) is 4.97. The van der Waals surface area contributed by atoms with Crippen LogP contribution in [-0.4, -0.2) is 23.0 Å².